The van der Waals surface area contributed by atoms with Crippen LogP contribution in [0.4, 0.5) is 0 Å². The number of aryl methyl sites for hydroxylation is 1. The zero-order valence-corrected chi connectivity index (χ0v) is 12.4. The smallest absolute Gasteiger partial charge is 0.224 e. The Morgan fingerprint density at radius 2 is 1.62 bits per heavy atom. The second-order valence-corrected chi connectivity index (χ2v) is 5.10. The van der Waals surface area contributed by atoms with Crippen molar-refractivity contribution < 1.29 is 4.79 Å². The van der Waals surface area contributed by atoms with Crippen LogP contribution in [0.1, 0.15) is 29.2 Å². The molecule has 2 aromatic rings. The summed E-state index contributed by atoms with van der Waals surface area (Å²) >= 11 is 0. The summed E-state index contributed by atoms with van der Waals surface area (Å²) < 4.78 is 0. The van der Waals surface area contributed by atoms with Gasteiger partial charge in [-0.25, -0.2) is 0 Å². The lowest BCUT2D eigenvalue weighted by molar-refractivity contribution is -0.120. The van der Waals surface area contributed by atoms with Gasteiger partial charge >= 0.3 is 0 Å². The van der Waals surface area contributed by atoms with Crippen LogP contribution in [0.2, 0.25) is 0 Å². The second-order valence-electron chi connectivity index (χ2n) is 5.10. The SMILES string of the molecule is CCc1ccc(CNC(=O)Cc2ccccc2CN)cc1. The number of amides is 1. The predicted octanol–water partition coefficient (Wildman–Crippen LogP) is 2.57. The van der Waals surface area contributed by atoms with Crippen molar-refractivity contribution in [3.05, 3.63) is 70.8 Å². The number of hydrogen-bond donors (Lipinski definition) is 2. The molecule has 0 aliphatic carbocycles. The summed E-state index contributed by atoms with van der Waals surface area (Å²) in [5, 5.41) is 2.96. The largest absolute Gasteiger partial charge is 0.352 e. The van der Waals surface area contributed by atoms with Crippen molar-refractivity contribution in [1.29, 1.82) is 0 Å². The number of carbonyl (C=O) groups is 1. The standard InChI is InChI=1S/C18H22N2O/c1-2-14-7-9-15(10-8-14)13-20-18(21)11-16-5-3-4-6-17(16)12-19/h3-10H,2,11-13,19H2,1H3,(H,20,21). The van der Waals surface area contributed by atoms with Crippen LogP contribution in [0.5, 0.6) is 0 Å². The van der Waals surface area contributed by atoms with E-state index in [9.17, 15) is 4.79 Å². The molecular formula is C18H22N2O. The molecule has 0 aliphatic rings. The first kappa shape index (κ1) is 15.3. The molecule has 0 fully saturated rings. The number of hydrogen-bond acceptors (Lipinski definition) is 2. The number of nitrogens with two attached hydrogens (primary N) is 1. The van der Waals surface area contributed by atoms with Gasteiger partial charge in [0, 0.05) is 13.1 Å². The van der Waals surface area contributed by atoms with Gasteiger partial charge in [-0.1, -0.05) is 55.5 Å². The Morgan fingerprint density at radius 1 is 1.00 bits per heavy atom. The van der Waals surface area contributed by atoms with Crippen LogP contribution >= 0.6 is 0 Å². The molecule has 0 aromatic heterocycles. The summed E-state index contributed by atoms with van der Waals surface area (Å²) in [6.45, 7) is 3.15. The first-order chi connectivity index (χ1) is 10.2. The van der Waals surface area contributed by atoms with E-state index in [0.717, 1.165) is 23.1 Å². The molecule has 0 saturated carbocycles. The molecule has 0 atom stereocenters. The van der Waals surface area contributed by atoms with Gasteiger partial charge in [0.15, 0.2) is 0 Å². The fraction of sp³-hybridized carbons (Fsp3) is 0.278. The van der Waals surface area contributed by atoms with Crippen molar-refractivity contribution in [2.45, 2.75) is 32.9 Å². The molecule has 0 unspecified atom stereocenters. The normalized spacial score (nSPS) is 10.4. The zero-order valence-electron chi connectivity index (χ0n) is 12.4. The summed E-state index contributed by atoms with van der Waals surface area (Å²) in [4.78, 5) is 12.0. The van der Waals surface area contributed by atoms with Crippen molar-refractivity contribution in [1.82, 2.24) is 5.32 Å². The molecule has 2 rings (SSSR count). The minimum Gasteiger partial charge on any atom is -0.352 e. The maximum Gasteiger partial charge on any atom is 0.224 e. The van der Waals surface area contributed by atoms with E-state index in [4.69, 9.17) is 5.73 Å². The predicted molar refractivity (Wildman–Crippen MR) is 85.7 cm³/mol. The molecule has 2 aromatic carbocycles. The summed E-state index contributed by atoms with van der Waals surface area (Å²) in [6, 6.07) is 16.1. The van der Waals surface area contributed by atoms with Crippen molar-refractivity contribution in [2.75, 3.05) is 0 Å². The summed E-state index contributed by atoms with van der Waals surface area (Å²) in [6.07, 6.45) is 1.41. The molecule has 21 heavy (non-hydrogen) atoms. The number of nitrogens with one attached hydrogen (secondary N) is 1. The number of benzene rings is 2. The first-order valence-electron chi connectivity index (χ1n) is 7.34. The van der Waals surface area contributed by atoms with Crippen LogP contribution < -0.4 is 11.1 Å². The highest BCUT2D eigenvalue weighted by Crippen LogP contribution is 2.09. The molecule has 110 valence electrons. The van der Waals surface area contributed by atoms with Gasteiger partial charge in [-0.3, -0.25) is 4.79 Å². The van der Waals surface area contributed by atoms with Gasteiger partial charge in [-0.2, -0.15) is 0 Å². The van der Waals surface area contributed by atoms with Gasteiger partial charge in [0.2, 0.25) is 5.91 Å². The molecule has 3 N–H and O–H groups in total. The van der Waals surface area contributed by atoms with E-state index in [0.29, 0.717) is 19.5 Å². The summed E-state index contributed by atoms with van der Waals surface area (Å²) in [5.41, 5.74) is 10.1. The van der Waals surface area contributed by atoms with Gasteiger partial charge in [-0.15, -0.1) is 0 Å². The molecule has 3 heteroatoms. The van der Waals surface area contributed by atoms with Gasteiger partial charge < -0.3 is 11.1 Å². The average molecular weight is 282 g/mol. The molecule has 0 aliphatic heterocycles. The van der Waals surface area contributed by atoms with Crippen LogP contribution in [-0.2, 0) is 30.7 Å². The van der Waals surface area contributed by atoms with E-state index in [1.807, 2.05) is 24.3 Å². The van der Waals surface area contributed by atoms with Crippen LogP contribution in [0.15, 0.2) is 48.5 Å². The highest BCUT2D eigenvalue weighted by atomic mass is 16.1. The fourth-order valence-corrected chi connectivity index (χ4v) is 2.26. The Kier molecular flexibility index (Phi) is 5.52. The lowest BCUT2D eigenvalue weighted by atomic mass is 10.0. The Morgan fingerprint density at radius 3 is 2.24 bits per heavy atom. The molecule has 0 saturated heterocycles. The van der Waals surface area contributed by atoms with Crippen molar-refractivity contribution in [3.63, 3.8) is 0 Å². The molecule has 0 heterocycles. The van der Waals surface area contributed by atoms with E-state index in [1.165, 1.54) is 5.56 Å². The third-order valence-electron chi connectivity index (χ3n) is 3.61. The Balaban J connectivity index is 1.89. The highest BCUT2D eigenvalue weighted by Gasteiger charge is 2.06. The van der Waals surface area contributed by atoms with Crippen molar-refractivity contribution >= 4 is 5.91 Å². The third kappa shape index (κ3) is 4.43. The Hall–Kier alpha value is -2.13. The first-order valence-corrected chi connectivity index (χ1v) is 7.34. The summed E-state index contributed by atoms with van der Waals surface area (Å²) in [5.74, 6) is 0.0236. The highest BCUT2D eigenvalue weighted by molar-refractivity contribution is 5.78. The van der Waals surface area contributed by atoms with Crippen LogP contribution in [-0.4, -0.2) is 5.91 Å². The van der Waals surface area contributed by atoms with Crippen molar-refractivity contribution in [2.24, 2.45) is 5.73 Å². The van der Waals surface area contributed by atoms with Crippen LogP contribution in [0, 0.1) is 0 Å². The lowest BCUT2D eigenvalue weighted by Crippen LogP contribution is -2.25. The van der Waals surface area contributed by atoms with Gasteiger partial charge in [0.05, 0.1) is 6.42 Å². The molecule has 3 nitrogen and oxygen atoms in total. The Labute approximate surface area is 126 Å². The molecule has 0 spiro atoms. The molecule has 1 amide bonds. The van der Waals surface area contributed by atoms with E-state index in [-0.39, 0.29) is 5.91 Å². The second kappa shape index (κ2) is 7.60. The maximum absolute atomic E-state index is 12.0. The van der Waals surface area contributed by atoms with Crippen LogP contribution in [0.3, 0.4) is 0 Å². The maximum atomic E-state index is 12.0. The minimum atomic E-state index is 0.0236. The van der Waals surface area contributed by atoms with Crippen LogP contribution in [0.25, 0.3) is 0 Å². The lowest BCUT2D eigenvalue weighted by Gasteiger charge is -2.09. The summed E-state index contributed by atoms with van der Waals surface area (Å²) in [7, 11) is 0. The fourth-order valence-electron chi connectivity index (χ4n) is 2.26. The van der Waals surface area contributed by atoms with E-state index in [1.54, 1.807) is 0 Å². The molecule has 0 radical (unpaired) electrons. The number of rotatable bonds is 6. The molecule has 0 bridgehead atoms. The third-order valence-corrected chi connectivity index (χ3v) is 3.61. The van der Waals surface area contributed by atoms with Gasteiger partial charge in [0.25, 0.3) is 0 Å². The minimum absolute atomic E-state index is 0.0236. The average Bonchev–Trinajstić information content (AvgIpc) is 2.54. The van der Waals surface area contributed by atoms with E-state index >= 15 is 0 Å². The topological polar surface area (TPSA) is 55.1 Å². The monoisotopic (exact) mass is 282 g/mol. The molecular weight excluding hydrogens is 260 g/mol. The van der Waals surface area contributed by atoms with E-state index in [2.05, 4.69) is 36.5 Å². The zero-order chi connectivity index (χ0) is 15.1. The van der Waals surface area contributed by atoms with E-state index < -0.39 is 0 Å². The van der Waals surface area contributed by atoms with Gasteiger partial charge in [-0.05, 0) is 28.7 Å². The number of carbonyl (C=O) groups excluding carboxylic acids is 1. The van der Waals surface area contributed by atoms with Crippen molar-refractivity contribution in [3.8, 4) is 0 Å². The van der Waals surface area contributed by atoms with Gasteiger partial charge in [0.1, 0.15) is 0 Å². The quantitative estimate of drug-likeness (QED) is 0.855. The Bertz CT molecular complexity index is 590.